The summed E-state index contributed by atoms with van der Waals surface area (Å²) in [4.78, 5) is 17.3. The van der Waals surface area contributed by atoms with E-state index in [1.165, 1.54) is 17.8 Å². The maximum absolute atomic E-state index is 12.0. The summed E-state index contributed by atoms with van der Waals surface area (Å²) < 4.78 is 5.12. The van der Waals surface area contributed by atoms with Gasteiger partial charge in [0.1, 0.15) is 9.88 Å². The number of rotatable bonds is 4. The Hall–Kier alpha value is -0.940. The topological polar surface area (TPSA) is 65.2 Å². The first-order valence-corrected chi connectivity index (χ1v) is 8.28. The average Bonchev–Trinajstić information content (AvgIpc) is 2.83. The average molecular weight is 296 g/mol. The number of hydrogen-bond donors (Lipinski definition) is 1. The molecule has 0 saturated heterocycles. The van der Waals surface area contributed by atoms with Gasteiger partial charge in [-0.2, -0.15) is 0 Å². The number of esters is 1. The summed E-state index contributed by atoms with van der Waals surface area (Å²) in [6.45, 7) is 6.45. The molecule has 1 heterocycles. The first-order valence-electron chi connectivity index (χ1n) is 7.46. The molecular formula is C15H24N2O2S. The molecule has 2 N–H and O–H groups in total. The highest BCUT2D eigenvalue weighted by Gasteiger charge is 2.36. The quantitative estimate of drug-likeness (QED) is 0.866. The summed E-state index contributed by atoms with van der Waals surface area (Å²) in [5.41, 5.74) is 7.04. The number of thiazole rings is 1. The van der Waals surface area contributed by atoms with Crippen molar-refractivity contribution < 1.29 is 9.53 Å². The zero-order valence-electron chi connectivity index (χ0n) is 12.6. The first kappa shape index (κ1) is 15.4. The third kappa shape index (κ3) is 3.04. The van der Waals surface area contributed by atoms with Gasteiger partial charge in [0.25, 0.3) is 0 Å². The van der Waals surface area contributed by atoms with Crippen LogP contribution in [-0.4, -0.2) is 17.6 Å². The summed E-state index contributed by atoms with van der Waals surface area (Å²) >= 11 is 1.43. The summed E-state index contributed by atoms with van der Waals surface area (Å²) in [5, 5.41) is 0.906. The fraction of sp³-hybridized carbons (Fsp3) is 0.733. The standard InChI is InChI=1S/C15H24N2O2S/c1-4-11-12(13(18)19-5-2)20-14(17-11)15(16)8-6-7-10(3)9-15/h10H,4-9,16H2,1-3H3. The Morgan fingerprint density at radius 1 is 1.55 bits per heavy atom. The number of ether oxygens (including phenoxy) is 1. The second-order valence-corrected chi connectivity index (χ2v) is 6.73. The molecule has 1 aromatic rings. The molecule has 20 heavy (non-hydrogen) atoms. The van der Waals surface area contributed by atoms with E-state index in [2.05, 4.69) is 11.9 Å². The van der Waals surface area contributed by atoms with Crippen molar-refractivity contribution in [3.63, 3.8) is 0 Å². The number of carbonyl (C=O) groups excluding carboxylic acids is 1. The second kappa shape index (κ2) is 6.22. The molecule has 1 aliphatic carbocycles. The minimum atomic E-state index is -0.364. The van der Waals surface area contributed by atoms with E-state index in [4.69, 9.17) is 10.5 Å². The van der Waals surface area contributed by atoms with Crippen molar-refractivity contribution in [3.05, 3.63) is 15.6 Å². The van der Waals surface area contributed by atoms with Crippen molar-refractivity contribution in [2.75, 3.05) is 6.61 Å². The highest BCUT2D eigenvalue weighted by molar-refractivity contribution is 7.13. The summed E-state index contributed by atoms with van der Waals surface area (Å²) in [6.07, 6.45) is 5.00. The first-order chi connectivity index (χ1) is 9.50. The molecule has 1 fully saturated rings. The molecule has 2 unspecified atom stereocenters. The van der Waals surface area contributed by atoms with Crippen LogP contribution in [0.1, 0.15) is 66.8 Å². The number of hydrogen-bond acceptors (Lipinski definition) is 5. The molecule has 2 atom stereocenters. The Bertz CT molecular complexity index is 486. The van der Waals surface area contributed by atoms with Gasteiger partial charge < -0.3 is 10.5 Å². The van der Waals surface area contributed by atoms with Crippen molar-refractivity contribution >= 4 is 17.3 Å². The summed E-state index contributed by atoms with van der Waals surface area (Å²) in [6, 6.07) is 0. The molecule has 0 radical (unpaired) electrons. The minimum Gasteiger partial charge on any atom is -0.462 e. The molecule has 5 heteroatoms. The van der Waals surface area contributed by atoms with Crippen LogP contribution < -0.4 is 5.73 Å². The SMILES string of the molecule is CCOC(=O)c1sc(C2(N)CCCC(C)C2)nc1CC. The Balaban J connectivity index is 2.31. The van der Waals surface area contributed by atoms with Crippen molar-refractivity contribution in [1.82, 2.24) is 4.98 Å². The van der Waals surface area contributed by atoms with E-state index < -0.39 is 0 Å². The summed E-state index contributed by atoms with van der Waals surface area (Å²) in [7, 11) is 0. The van der Waals surface area contributed by atoms with Gasteiger partial charge in [-0.25, -0.2) is 9.78 Å². The molecule has 1 saturated carbocycles. The van der Waals surface area contributed by atoms with Crippen LogP contribution in [0, 0.1) is 5.92 Å². The van der Waals surface area contributed by atoms with E-state index in [-0.39, 0.29) is 11.5 Å². The molecule has 0 aliphatic heterocycles. The maximum atomic E-state index is 12.0. The van der Waals surface area contributed by atoms with Crippen LogP contribution in [0.2, 0.25) is 0 Å². The van der Waals surface area contributed by atoms with E-state index in [0.29, 0.717) is 17.4 Å². The number of nitrogens with zero attached hydrogens (tertiary/aromatic N) is 1. The lowest BCUT2D eigenvalue weighted by Gasteiger charge is -2.35. The van der Waals surface area contributed by atoms with E-state index >= 15 is 0 Å². The van der Waals surface area contributed by atoms with Gasteiger partial charge in [0, 0.05) is 0 Å². The van der Waals surface area contributed by atoms with Crippen LogP contribution in [0.5, 0.6) is 0 Å². The molecular weight excluding hydrogens is 272 g/mol. The fourth-order valence-corrected chi connectivity index (χ4v) is 4.13. The normalized spacial score (nSPS) is 26.5. The fourth-order valence-electron chi connectivity index (χ4n) is 2.95. The van der Waals surface area contributed by atoms with Crippen LogP contribution >= 0.6 is 11.3 Å². The van der Waals surface area contributed by atoms with E-state index in [1.54, 1.807) is 0 Å². The van der Waals surface area contributed by atoms with E-state index in [9.17, 15) is 4.79 Å². The zero-order chi connectivity index (χ0) is 14.8. The monoisotopic (exact) mass is 296 g/mol. The molecule has 1 aliphatic rings. The largest absolute Gasteiger partial charge is 0.462 e. The molecule has 0 amide bonds. The molecule has 0 aromatic carbocycles. The van der Waals surface area contributed by atoms with Gasteiger partial charge in [0.05, 0.1) is 17.8 Å². The smallest absolute Gasteiger partial charge is 0.350 e. The molecule has 2 rings (SSSR count). The molecule has 0 spiro atoms. The van der Waals surface area contributed by atoms with Crippen LogP contribution in [0.25, 0.3) is 0 Å². The highest BCUT2D eigenvalue weighted by Crippen LogP contribution is 2.40. The Morgan fingerprint density at radius 2 is 2.30 bits per heavy atom. The van der Waals surface area contributed by atoms with Gasteiger partial charge in [-0.05, 0) is 32.1 Å². The van der Waals surface area contributed by atoms with Crippen LogP contribution in [0.15, 0.2) is 0 Å². The highest BCUT2D eigenvalue weighted by atomic mass is 32.1. The van der Waals surface area contributed by atoms with Crippen molar-refractivity contribution in [1.29, 1.82) is 0 Å². The lowest BCUT2D eigenvalue weighted by Crippen LogP contribution is -2.40. The lowest BCUT2D eigenvalue weighted by atomic mass is 9.77. The van der Waals surface area contributed by atoms with E-state index in [0.717, 1.165) is 36.4 Å². The number of aryl methyl sites for hydroxylation is 1. The van der Waals surface area contributed by atoms with Gasteiger partial charge in [-0.15, -0.1) is 11.3 Å². The third-order valence-corrected chi connectivity index (χ3v) is 5.25. The van der Waals surface area contributed by atoms with Crippen molar-refractivity contribution in [3.8, 4) is 0 Å². The number of carbonyl (C=O) groups is 1. The molecule has 0 bridgehead atoms. The van der Waals surface area contributed by atoms with Crippen molar-refractivity contribution in [2.24, 2.45) is 11.7 Å². The Kier molecular flexibility index (Phi) is 4.81. The van der Waals surface area contributed by atoms with Crippen molar-refractivity contribution in [2.45, 2.75) is 58.4 Å². The van der Waals surface area contributed by atoms with Gasteiger partial charge in [0.2, 0.25) is 0 Å². The zero-order valence-corrected chi connectivity index (χ0v) is 13.4. The number of nitrogens with two attached hydrogens (primary N) is 1. The van der Waals surface area contributed by atoms with Crippen LogP contribution in [0.3, 0.4) is 0 Å². The lowest BCUT2D eigenvalue weighted by molar-refractivity contribution is 0.0530. The second-order valence-electron chi connectivity index (χ2n) is 5.73. The Morgan fingerprint density at radius 3 is 2.90 bits per heavy atom. The van der Waals surface area contributed by atoms with Gasteiger partial charge >= 0.3 is 5.97 Å². The number of aromatic nitrogens is 1. The van der Waals surface area contributed by atoms with Gasteiger partial charge in [0.15, 0.2) is 0 Å². The molecule has 1 aromatic heterocycles. The van der Waals surface area contributed by atoms with Gasteiger partial charge in [-0.1, -0.05) is 26.7 Å². The summed E-state index contributed by atoms with van der Waals surface area (Å²) in [5.74, 6) is 0.356. The van der Waals surface area contributed by atoms with Gasteiger partial charge in [-0.3, -0.25) is 0 Å². The maximum Gasteiger partial charge on any atom is 0.350 e. The predicted molar refractivity (Wildman–Crippen MR) is 80.9 cm³/mol. The van der Waals surface area contributed by atoms with Crippen LogP contribution in [-0.2, 0) is 16.7 Å². The molecule has 4 nitrogen and oxygen atoms in total. The Labute approximate surface area is 124 Å². The third-order valence-electron chi connectivity index (χ3n) is 3.95. The predicted octanol–water partition coefficient (Wildman–Crippen LogP) is 3.25. The minimum absolute atomic E-state index is 0.263. The van der Waals surface area contributed by atoms with Crippen LogP contribution in [0.4, 0.5) is 0 Å². The van der Waals surface area contributed by atoms with E-state index in [1.807, 2.05) is 13.8 Å². The molecule has 112 valence electrons.